The summed E-state index contributed by atoms with van der Waals surface area (Å²) in [5, 5.41) is 10.8. The quantitative estimate of drug-likeness (QED) is 0.727. The molecule has 0 aliphatic carbocycles. The number of piperazine rings is 1. The zero-order chi connectivity index (χ0) is 16.4. The van der Waals surface area contributed by atoms with Crippen LogP contribution in [0.4, 0.5) is 5.82 Å². The number of oxazole rings is 1. The van der Waals surface area contributed by atoms with Gasteiger partial charge in [-0.3, -0.25) is 4.90 Å². The Hall–Kier alpha value is -2.25. The van der Waals surface area contributed by atoms with Crippen LogP contribution < -0.4 is 4.90 Å². The molecule has 0 radical (unpaired) electrons. The van der Waals surface area contributed by atoms with Gasteiger partial charge in [0.15, 0.2) is 11.7 Å². The van der Waals surface area contributed by atoms with Crippen molar-refractivity contribution in [1.29, 1.82) is 0 Å². The third-order valence-corrected chi connectivity index (χ3v) is 5.06. The van der Waals surface area contributed by atoms with Crippen LogP contribution in [-0.4, -0.2) is 46.3 Å². The molecule has 0 saturated carbocycles. The van der Waals surface area contributed by atoms with Gasteiger partial charge in [0, 0.05) is 39.6 Å². The molecule has 1 saturated heterocycles. The highest BCUT2D eigenvalue weighted by Crippen LogP contribution is 2.23. The molecule has 0 spiro atoms. The lowest BCUT2D eigenvalue weighted by Crippen LogP contribution is -2.46. The Labute approximate surface area is 144 Å². The molecule has 124 valence electrons. The third-order valence-electron chi connectivity index (χ3n) is 4.17. The van der Waals surface area contributed by atoms with Gasteiger partial charge in [-0.1, -0.05) is 6.07 Å². The first-order valence-corrected chi connectivity index (χ1v) is 8.92. The SMILES string of the molecule is Cc1nc(CN2CCN(c3ccc(-c4cccs4)nn3)CC2)co1. The molecule has 1 aliphatic heterocycles. The molecule has 1 aliphatic rings. The summed E-state index contributed by atoms with van der Waals surface area (Å²) in [5.41, 5.74) is 1.94. The van der Waals surface area contributed by atoms with Crippen LogP contribution in [0, 0.1) is 6.92 Å². The largest absolute Gasteiger partial charge is 0.449 e. The summed E-state index contributed by atoms with van der Waals surface area (Å²) in [6.07, 6.45) is 1.75. The first kappa shape index (κ1) is 15.3. The molecule has 0 amide bonds. The van der Waals surface area contributed by atoms with Crippen molar-refractivity contribution in [3.63, 3.8) is 0 Å². The minimum Gasteiger partial charge on any atom is -0.449 e. The van der Waals surface area contributed by atoms with E-state index in [-0.39, 0.29) is 0 Å². The summed E-state index contributed by atoms with van der Waals surface area (Å²) in [7, 11) is 0. The topological polar surface area (TPSA) is 58.3 Å². The fourth-order valence-corrected chi connectivity index (χ4v) is 3.59. The van der Waals surface area contributed by atoms with Gasteiger partial charge in [0.2, 0.25) is 0 Å². The van der Waals surface area contributed by atoms with Crippen molar-refractivity contribution in [2.75, 3.05) is 31.1 Å². The van der Waals surface area contributed by atoms with E-state index in [0.29, 0.717) is 0 Å². The maximum absolute atomic E-state index is 5.27. The summed E-state index contributed by atoms with van der Waals surface area (Å²) >= 11 is 1.68. The van der Waals surface area contributed by atoms with Crippen LogP contribution in [0.3, 0.4) is 0 Å². The van der Waals surface area contributed by atoms with Crippen molar-refractivity contribution < 1.29 is 4.42 Å². The van der Waals surface area contributed by atoms with Gasteiger partial charge < -0.3 is 9.32 Å². The Kier molecular flexibility index (Phi) is 4.27. The molecule has 0 atom stereocenters. The molecule has 6 nitrogen and oxygen atoms in total. The maximum atomic E-state index is 5.27. The Balaban J connectivity index is 1.35. The number of hydrogen-bond acceptors (Lipinski definition) is 7. The van der Waals surface area contributed by atoms with Crippen molar-refractivity contribution >= 4 is 17.2 Å². The molecule has 4 rings (SSSR count). The van der Waals surface area contributed by atoms with E-state index in [1.807, 2.05) is 13.0 Å². The second-order valence-electron chi connectivity index (χ2n) is 5.88. The van der Waals surface area contributed by atoms with Crippen molar-refractivity contribution in [1.82, 2.24) is 20.1 Å². The van der Waals surface area contributed by atoms with E-state index in [2.05, 4.69) is 48.6 Å². The minimum absolute atomic E-state index is 0.727. The third kappa shape index (κ3) is 3.32. The predicted octanol–water partition coefficient (Wildman–Crippen LogP) is 2.82. The van der Waals surface area contributed by atoms with E-state index in [1.165, 1.54) is 0 Å². The van der Waals surface area contributed by atoms with Crippen molar-refractivity contribution in [2.24, 2.45) is 0 Å². The zero-order valence-corrected chi connectivity index (χ0v) is 14.4. The van der Waals surface area contributed by atoms with Gasteiger partial charge in [0.1, 0.15) is 12.0 Å². The van der Waals surface area contributed by atoms with Gasteiger partial charge in [-0.15, -0.1) is 21.5 Å². The Morgan fingerprint density at radius 2 is 2.00 bits per heavy atom. The van der Waals surface area contributed by atoms with Crippen LogP contribution in [0.1, 0.15) is 11.6 Å². The standard InChI is InChI=1S/C17H19N5OS/c1-13-18-14(12-23-13)11-21-6-8-22(9-7-21)17-5-4-15(19-20-17)16-3-2-10-24-16/h2-5,10,12H,6-9,11H2,1H3. The van der Waals surface area contributed by atoms with Crippen molar-refractivity contribution in [3.8, 4) is 10.6 Å². The lowest BCUT2D eigenvalue weighted by molar-refractivity contribution is 0.246. The van der Waals surface area contributed by atoms with Crippen LogP contribution in [0.25, 0.3) is 10.6 Å². The molecule has 3 aromatic heterocycles. The van der Waals surface area contributed by atoms with Crippen LogP contribution in [-0.2, 0) is 6.54 Å². The Morgan fingerprint density at radius 1 is 1.12 bits per heavy atom. The number of nitrogens with zero attached hydrogens (tertiary/aromatic N) is 5. The maximum Gasteiger partial charge on any atom is 0.191 e. The van der Waals surface area contributed by atoms with E-state index in [4.69, 9.17) is 4.42 Å². The second-order valence-corrected chi connectivity index (χ2v) is 6.82. The van der Waals surface area contributed by atoms with Crippen LogP contribution >= 0.6 is 11.3 Å². The molecule has 24 heavy (non-hydrogen) atoms. The Bertz CT molecular complexity index is 776. The number of hydrogen-bond donors (Lipinski definition) is 0. The van der Waals surface area contributed by atoms with Crippen LogP contribution in [0.5, 0.6) is 0 Å². The van der Waals surface area contributed by atoms with Crippen LogP contribution in [0.2, 0.25) is 0 Å². The fraction of sp³-hybridized carbons (Fsp3) is 0.353. The Morgan fingerprint density at radius 3 is 2.62 bits per heavy atom. The fourth-order valence-electron chi connectivity index (χ4n) is 2.89. The minimum atomic E-state index is 0.727. The number of rotatable bonds is 4. The molecule has 0 unspecified atom stereocenters. The molecule has 0 bridgehead atoms. The smallest absolute Gasteiger partial charge is 0.191 e. The molecule has 4 heterocycles. The van der Waals surface area contributed by atoms with Crippen molar-refractivity contribution in [3.05, 3.63) is 47.5 Å². The van der Waals surface area contributed by atoms with E-state index < -0.39 is 0 Å². The number of aromatic nitrogens is 3. The second kappa shape index (κ2) is 6.70. The van der Waals surface area contributed by atoms with Gasteiger partial charge in [-0.25, -0.2) is 4.98 Å². The monoisotopic (exact) mass is 341 g/mol. The average Bonchev–Trinajstić information content (AvgIpc) is 3.28. The highest BCUT2D eigenvalue weighted by atomic mass is 32.1. The summed E-state index contributed by atoms with van der Waals surface area (Å²) < 4.78 is 5.27. The molecule has 0 aromatic carbocycles. The number of aryl methyl sites for hydroxylation is 1. The molecule has 0 N–H and O–H groups in total. The molecular formula is C17H19N5OS. The van der Waals surface area contributed by atoms with Crippen molar-refractivity contribution in [2.45, 2.75) is 13.5 Å². The average molecular weight is 341 g/mol. The van der Waals surface area contributed by atoms with E-state index in [0.717, 1.165) is 60.7 Å². The molecule has 1 fully saturated rings. The highest BCUT2D eigenvalue weighted by molar-refractivity contribution is 7.13. The summed E-state index contributed by atoms with van der Waals surface area (Å²) in [6.45, 7) is 6.59. The van der Waals surface area contributed by atoms with E-state index >= 15 is 0 Å². The number of anilines is 1. The number of thiophene rings is 1. The zero-order valence-electron chi connectivity index (χ0n) is 13.6. The van der Waals surface area contributed by atoms with E-state index in [9.17, 15) is 0 Å². The summed E-state index contributed by atoms with van der Waals surface area (Å²) in [5.74, 6) is 1.68. The van der Waals surface area contributed by atoms with Gasteiger partial charge >= 0.3 is 0 Å². The highest BCUT2D eigenvalue weighted by Gasteiger charge is 2.19. The van der Waals surface area contributed by atoms with E-state index in [1.54, 1.807) is 17.6 Å². The molecule has 3 aromatic rings. The lowest BCUT2D eigenvalue weighted by atomic mass is 10.2. The first-order valence-electron chi connectivity index (χ1n) is 8.04. The predicted molar refractivity (Wildman–Crippen MR) is 94.1 cm³/mol. The first-order chi connectivity index (χ1) is 11.8. The van der Waals surface area contributed by atoms with Gasteiger partial charge in [0.25, 0.3) is 0 Å². The lowest BCUT2D eigenvalue weighted by Gasteiger charge is -2.34. The summed E-state index contributed by atoms with van der Waals surface area (Å²) in [4.78, 5) is 10.2. The van der Waals surface area contributed by atoms with Gasteiger partial charge in [0.05, 0.1) is 10.6 Å². The normalized spacial score (nSPS) is 15.8. The summed E-state index contributed by atoms with van der Waals surface area (Å²) in [6, 6.07) is 8.22. The van der Waals surface area contributed by atoms with Gasteiger partial charge in [-0.2, -0.15) is 0 Å². The van der Waals surface area contributed by atoms with Crippen LogP contribution in [0.15, 0.2) is 40.3 Å². The molecular weight excluding hydrogens is 322 g/mol. The molecule has 7 heteroatoms. The van der Waals surface area contributed by atoms with Gasteiger partial charge in [-0.05, 0) is 23.6 Å².